The molecule has 0 aromatic carbocycles. The minimum atomic E-state index is 0. The lowest BCUT2D eigenvalue weighted by molar-refractivity contribution is 0.443. The fourth-order valence-electron chi connectivity index (χ4n) is 1.33. The highest BCUT2D eigenvalue weighted by Crippen LogP contribution is 2.21. The zero-order valence-corrected chi connectivity index (χ0v) is 6.93. The van der Waals surface area contributed by atoms with Gasteiger partial charge in [0.15, 0.2) is 6.39 Å². The summed E-state index contributed by atoms with van der Waals surface area (Å²) in [6.07, 6.45) is 5.68. The number of hydrogen-bond acceptors (Lipinski definition) is 3. The number of nitrogens with one attached hydrogen (secondary N) is 1. The maximum absolute atomic E-state index is 5.14. The first-order valence-electron chi connectivity index (χ1n) is 3.58. The molecule has 2 heterocycles. The van der Waals surface area contributed by atoms with Crippen LogP contribution in [0.3, 0.4) is 0 Å². The zero-order chi connectivity index (χ0) is 6.81. The number of aromatic nitrogens is 1. The third-order valence-electron chi connectivity index (χ3n) is 1.86. The topological polar surface area (TPSA) is 38.1 Å². The Balaban J connectivity index is 0.000000605. The second kappa shape index (κ2) is 3.74. The van der Waals surface area contributed by atoms with Crippen molar-refractivity contribution < 1.29 is 4.42 Å². The highest BCUT2D eigenvalue weighted by atomic mass is 35.5. The van der Waals surface area contributed by atoms with E-state index in [9.17, 15) is 0 Å². The van der Waals surface area contributed by atoms with Crippen LogP contribution in [0.4, 0.5) is 0 Å². The highest BCUT2D eigenvalue weighted by Gasteiger charge is 2.18. The molecule has 1 unspecified atom stereocenters. The summed E-state index contributed by atoms with van der Waals surface area (Å²) >= 11 is 0. The first-order chi connectivity index (χ1) is 4.97. The van der Waals surface area contributed by atoms with Crippen LogP contribution in [-0.2, 0) is 0 Å². The molecule has 0 radical (unpaired) electrons. The Bertz CT molecular complexity index is 194. The van der Waals surface area contributed by atoms with E-state index in [0.717, 1.165) is 12.3 Å². The minimum Gasteiger partial charge on any atom is -0.447 e. The Morgan fingerprint density at radius 2 is 2.55 bits per heavy atom. The van der Waals surface area contributed by atoms with Crippen molar-refractivity contribution in [3.8, 4) is 0 Å². The summed E-state index contributed by atoms with van der Waals surface area (Å²) in [6.45, 7) is 1.10. The minimum absolute atomic E-state index is 0. The quantitative estimate of drug-likeness (QED) is 0.702. The molecule has 2 rings (SSSR count). The van der Waals surface area contributed by atoms with Crippen molar-refractivity contribution in [2.45, 2.75) is 18.9 Å². The van der Waals surface area contributed by atoms with Crippen LogP contribution >= 0.6 is 12.4 Å². The third kappa shape index (κ3) is 1.73. The number of oxazole rings is 1. The molecule has 62 valence electrons. The van der Waals surface area contributed by atoms with E-state index in [1.165, 1.54) is 19.2 Å². The monoisotopic (exact) mass is 174 g/mol. The van der Waals surface area contributed by atoms with E-state index in [2.05, 4.69) is 10.3 Å². The maximum atomic E-state index is 5.14. The molecule has 1 aliphatic heterocycles. The van der Waals surface area contributed by atoms with E-state index in [1.54, 1.807) is 6.20 Å². The van der Waals surface area contributed by atoms with Crippen LogP contribution in [-0.4, -0.2) is 11.5 Å². The van der Waals surface area contributed by atoms with Gasteiger partial charge in [-0.2, -0.15) is 0 Å². The lowest BCUT2D eigenvalue weighted by Gasteiger charge is -2.02. The van der Waals surface area contributed by atoms with Gasteiger partial charge in [-0.15, -0.1) is 12.4 Å². The molecule has 1 saturated heterocycles. The third-order valence-corrected chi connectivity index (χ3v) is 1.86. The van der Waals surface area contributed by atoms with E-state index in [4.69, 9.17) is 4.42 Å². The predicted molar refractivity (Wildman–Crippen MR) is 43.7 cm³/mol. The van der Waals surface area contributed by atoms with E-state index >= 15 is 0 Å². The molecule has 0 aliphatic carbocycles. The van der Waals surface area contributed by atoms with E-state index in [1.807, 2.05) is 0 Å². The zero-order valence-electron chi connectivity index (χ0n) is 6.12. The normalized spacial score (nSPS) is 23.1. The molecule has 0 spiro atoms. The highest BCUT2D eigenvalue weighted by molar-refractivity contribution is 5.85. The summed E-state index contributed by atoms with van der Waals surface area (Å²) in [5.74, 6) is 0.970. The average molecular weight is 175 g/mol. The fourth-order valence-corrected chi connectivity index (χ4v) is 1.33. The van der Waals surface area contributed by atoms with Gasteiger partial charge in [0.25, 0.3) is 0 Å². The van der Waals surface area contributed by atoms with Gasteiger partial charge in [0.1, 0.15) is 5.76 Å². The summed E-state index contributed by atoms with van der Waals surface area (Å²) in [7, 11) is 0. The molecule has 0 saturated carbocycles. The molecule has 1 aromatic heterocycles. The summed E-state index contributed by atoms with van der Waals surface area (Å²) in [5, 5.41) is 3.33. The molecule has 0 amide bonds. The molecular formula is C7H11ClN2O. The molecule has 1 atom stereocenters. The number of nitrogens with zero attached hydrogens (tertiary/aromatic N) is 1. The van der Waals surface area contributed by atoms with Crippen molar-refractivity contribution in [1.29, 1.82) is 0 Å². The second-order valence-electron chi connectivity index (χ2n) is 2.55. The van der Waals surface area contributed by atoms with Crippen molar-refractivity contribution in [3.63, 3.8) is 0 Å². The van der Waals surface area contributed by atoms with Crippen LogP contribution in [0.5, 0.6) is 0 Å². The van der Waals surface area contributed by atoms with Crippen molar-refractivity contribution >= 4 is 12.4 Å². The standard InChI is InChI=1S/C7H10N2O.ClH/c1-2-6(9-3-1)7-4-8-5-10-7;/h4-6,9H,1-3H2;1H. The summed E-state index contributed by atoms with van der Waals surface area (Å²) in [6, 6.07) is 0.419. The number of rotatable bonds is 1. The van der Waals surface area contributed by atoms with E-state index < -0.39 is 0 Å². The van der Waals surface area contributed by atoms with Gasteiger partial charge >= 0.3 is 0 Å². The Morgan fingerprint density at radius 3 is 3.09 bits per heavy atom. The van der Waals surface area contributed by atoms with Crippen molar-refractivity contribution in [3.05, 3.63) is 18.4 Å². The van der Waals surface area contributed by atoms with Gasteiger partial charge in [0.2, 0.25) is 0 Å². The van der Waals surface area contributed by atoms with E-state index in [-0.39, 0.29) is 12.4 Å². The number of hydrogen-bond donors (Lipinski definition) is 1. The van der Waals surface area contributed by atoms with E-state index in [0.29, 0.717) is 6.04 Å². The largest absolute Gasteiger partial charge is 0.447 e. The first kappa shape index (κ1) is 8.56. The summed E-state index contributed by atoms with van der Waals surface area (Å²) in [4.78, 5) is 3.86. The van der Waals surface area contributed by atoms with Crippen molar-refractivity contribution in [2.24, 2.45) is 0 Å². The summed E-state index contributed by atoms with van der Waals surface area (Å²) in [5.41, 5.74) is 0. The molecule has 1 N–H and O–H groups in total. The average Bonchev–Trinajstić information content (AvgIpc) is 2.59. The van der Waals surface area contributed by atoms with Gasteiger partial charge in [-0.1, -0.05) is 0 Å². The van der Waals surface area contributed by atoms with Crippen LogP contribution in [0.1, 0.15) is 24.6 Å². The number of halogens is 1. The first-order valence-corrected chi connectivity index (χ1v) is 3.58. The molecular weight excluding hydrogens is 164 g/mol. The van der Waals surface area contributed by atoms with Gasteiger partial charge in [-0.25, -0.2) is 4.98 Å². The lowest BCUT2D eigenvalue weighted by Crippen LogP contribution is -2.11. The van der Waals surface area contributed by atoms with Gasteiger partial charge in [-0.3, -0.25) is 0 Å². The smallest absolute Gasteiger partial charge is 0.180 e. The Hall–Kier alpha value is -0.540. The van der Waals surface area contributed by atoms with Gasteiger partial charge < -0.3 is 9.73 Å². The summed E-state index contributed by atoms with van der Waals surface area (Å²) < 4.78 is 5.14. The maximum Gasteiger partial charge on any atom is 0.180 e. The second-order valence-corrected chi connectivity index (χ2v) is 2.55. The Kier molecular flexibility index (Phi) is 2.91. The van der Waals surface area contributed by atoms with Crippen LogP contribution < -0.4 is 5.32 Å². The van der Waals surface area contributed by atoms with Crippen molar-refractivity contribution in [2.75, 3.05) is 6.54 Å². The fraction of sp³-hybridized carbons (Fsp3) is 0.571. The Labute approximate surface area is 71.6 Å². The molecule has 1 aliphatic rings. The molecule has 1 aromatic rings. The van der Waals surface area contributed by atoms with Crippen molar-refractivity contribution in [1.82, 2.24) is 10.3 Å². The van der Waals surface area contributed by atoms with Crippen LogP contribution in [0.25, 0.3) is 0 Å². The van der Waals surface area contributed by atoms with Crippen LogP contribution in [0, 0.1) is 0 Å². The molecule has 4 heteroatoms. The van der Waals surface area contributed by atoms with Gasteiger partial charge in [0, 0.05) is 0 Å². The predicted octanol–water partition coefficient (Wildman–Crippen LogP) is 1.52. The van der Waals surface area contributed by atoms with Gasteiger partial charge in [-0.05, 0) is 19.4 Å². The van der Waals surface area contributed by atoms with Crippen LogP contribution in [0.2, 0.25) is 0 Å². The lowest BCUT2D eigenvalue weighted by atomic mass is 10.2. The molecule has 1 fully saturated rings. The molecule has 11 heavy (non-hydrogen) atoms. The van der Waals surface area contributed by atoms with Crippen LogP contribution in [0.15, 0.2) is 17.0 Å². The molecule has 3 nitrogen and oxygen atoms in total. The SMILES string of the molecule is Cl.c1ncc(C2CCCN2)o1. The molecule has 0 bridgehead atoms. The Morgan fingerprint density at radius 1 is 1.64 bits per heavy atom. The van der Waals surface area contributed by atoms with Gasteiger partial charge in [0.05, 0.1) is 12.2 Å².